The maximum Gasteiger partial charge on any atom is 0.164 e. The number of allylic oxidation sites excluding steroid dienone is 1. The van der Waals surface area contributed by atoms with Crippen LogP contribution in [0.25, 0.3) is 83.7 Å². The summed E-state index contributed by atoms with van der Waals surface area (Å²) in [5.41, 5.74) is 9.24. The molecule has 0 N–H and O–H groups in total. The van der Waals surface area contributed by atoms with E-state index in [-0.39, 0.29) is 0 Å². The Hall–Kier alpha value is -6.52. The van der Waals surface area contributed by atoms with Crippen LogP contribution in [0.2, 0.25) is 0 Å². The lowest BCUT2D eigenvalue weighted by atomic mass is 9.90. The van der Waals surface area contributed by atoms with Gasteiger partial charge in [-0.2, -0.15) is 0 Å². The molecule has 0 atom stereocenters. The molecule has 0 amide bonds. The highest BCUT2D eigenvalue weighted by Crippen LogP contribution is 2.39. The van der Waals surface area contributed by atoms with E-state index in [1.807, 2.05) is 86.8 Å². The molecule has 0 unspecified atom stereocenters. The summed E-state index contributed by atoms with van der Waals surface area (Å²) in [4.78, 5) is 19.7. The Balaban J connectivity index is 1.38. The number of fused-ring (bicyclic) bond motifs is 3. The van der Waals surface area contributed by atoms with Gasteiger partial charge in [0.25, 0.3) is 0 Å². The van der Waals surface area contributed by atoms with E-state index < -0.39 is 0 Å². The second-order valence-electron chi connectivity index (χ2n) is 12.2. The van der Waals surface area contributed by atoms with Crippen molar-refractivity contribution in [3.8, 4) is 56.4 Å². The molecule has 0 bridgehead atoms. The van der Waals surface area contributed by atoms with Crippen LogP contribution in [-0.2, 0) is 0 Å². The first-order valence-corrected chi connectivity index (χ1v) is 16.9. The van der Waals surface area contributed by atoms with E-state index >= 15 is 0 Å². The molecule has 8 rings (SSSR count). The molecule has 50 heavy (non-hydrogen) atoms. The lowest BCUT2D eigenvalue weighted by Gasteiger charge is -2.15. The Kier molecular flexibility index (Phi) is 8.34. The lowest BCUT2D eigenvalue weighted by Crippen LogP contribution is -2.00. The van der Waals surface area contributed by atoms with Gasteiger partial charge in [-0.1, -0.05) is 140 Å². The monoisotopic (exact) mass is 642 g/mol. The molecule has 0 saturated heterocycles. The van der Waals surface area contributed by atoms with Crippen LogP contribution in [0.15, 0.2) is 169 Å². The van der Waals surface area contributed by atoms with E-state index in [1.54, 1.807) is 0 Å². The first-order chi connectivity index (χ1) is 24.7. The van der Waals surface area contributed by atoms with Gasteiger partial charge in [-0.05, 0) is 87.5 Å². The van der Waals surface area contributed by atoms with Crippen LogP contribution in [0.3, 0.4) is 0 Å². The van der Waals surface area contributed by atoms with Crippen LogP contribution >= 0.6 is 0 Å². The normalized spacial score (nSPS) is 11.8. The summed E-state index contributed by atoms with van der Waals surface area (Å²) in [5, 5.41) is 4.87. The molecule has 0 saturated carbocycles. The van der Waals surface area contributed by atoms with Crippen molar-refractivity contribution >= 4 is 33.5 Å². The zero-order valence-corrected chi connectivity index (χ0v) is 28.0. The minimum Gasteiger partial charge on any atom is -0.261 e. The van der Waals surface area contributed by atoms with Crippen LogP contribution in [0, 0.1) is 0 Å². The standard InChI is InChI=1S/C46H34N4/c1-3-43(47-4-2)32-25-23-31(24-26-32)36-27-37(42-30-35-19-11-12-20-39(35)40-21-13-14-22-41(40)42)29-38(28-36)46-49-44(33-15-7-5-8-16-33)48-45(50-46)34-17-9-6-10-18-34/h3-30H,1-2H3/b43-3-,47-4?. The fourth-order valence-corrected chi connectivity index (χ4v) is 6.60. The van der Waals surface area contributed by atoms with Gasteiger partial charge in [-0.3, -0.25) is 4.99 Å². The molecule has 0 aliphatic rings. The Labute approximate surface area is 292 Å². The first-order valence-electron chi connectivity index (χ1n) is 16.9. The second kappa shape index (κ2) is 13.5. The predicted octanol–water partition coefficient (Wildman–Crippen LogP) is 12.0. The molecule has 0 aliphatic heterocycles. The third-order valence-corrected chi connectivity index (χ3v) is 9.03. The highest BCUT2D eigenvalue weighted by molar-refractivity contribution is 6.14. The van der Waals surface area contributed by atoms with Crippen LogP contribution < -0.4 is 0 Å². The van der Waals surface area contributed by atoms with Crippen LogP contribution in [0.5, 0.6) is 0 Å². The Morgan fingerprint density at radius 3 is 1.58 bits per heavy atom. The smallest absolute Gasteiger partial charge is 0.164 e. The van der Waals surface area contributed by atoms with E-state index in [0.717, 1.165) is 50.2 Å². The van der Waals surface area contributed by atoms with Crippen LogP contribution in [0.1, 0.15) is 19.4 Å². The zero-order valence-electron chi connectivity index (χ0n) is 28.0. The molecule has 1 heterocycles. The average molecular weight is 643 g/mol. The van der Waals surface area contributed by atoms with Crippen molar-refractivity contribution in [1.82, 2.24) is 15.0 Å². The Morgan fingerprint density at radius 2 is 0.960 bits per heavy atom. The van der Waals surface area contributed by atoms with E-state index in [9.17, 15) is 0 Å². The second-order valence-corrected chi connectivity index (χ2v) is 12.2. The number of hydrogen-bond donors (Lipinski definition) is 0. The fourth-order valence-electron chi connectivity index (χ4n) is 6.60. The van der Waals surface area contributed by atoms with Gasteiger partial charge in [0.05, 0.1) is 5.70 Å². The summed E-state index contributed by atoms with van der Waals surface area (Å²) in [7, 11) is 0. The summed E-state index contributed by atoms with van der Waals surface area (Å²) in [6.07, 6.45) is 3.86. The van der Waals surface area contributed by atoms with Crippen molar-refractivity contribution < 1.29 is 0 Å². The van der Waals surface area contributed by atoms with Crippen molar-refractivity contribution in [2.24, 2.45) is 4.99 Å². The first kappa shape index (κ1) is 30.8. The highest BCUT2D eigenvalue weighted by Gasteiger charge is 2.16. The topological polar surface area (TPSA) is 51.0 Å². The maximum atomic E-state index is 5.10. The van der Waals surface area contributed by atoms with Gasteiger partial charge in [-0.25, -0.2) is 15.0 Å². The molecular weight excluding hydrogens is 609 g/mol. The molecule has 0 aliphatic carbocycles. The predicted molar refractivity (Wildman–Crippen MR) is 210 cm³/mol. The lowest BCUT2D eigenvalue weighted by molar-refractivity contribution is 1.07. The van der Waals surface area contributed by atoms with Gasteiger partial charge in [0, 0.05) is 22.9 Å². The van der Waals surface area contributed by atoms with Crippen molar-refractivity contribution in [3.05, 3.63) is 169 Å². The summed E-state index contributed by atoms with van der Waals surface area (Å²) in [6.45, 7) is 3.96. The van der Waals surface area contributed by atoms with E-state index in [1.165, 1.54) is 21.5 Å². The average Bonchev–Trinajstić information content (AvgIpc) is 3.20. The van der Waals surface area contributed by atoms with Crippen molar-refractivity contribution in [2.45, 2.75) is 13.8 Å². The van der Waals surface area contributed by atoms with Gasteiger partial charge < -0.3 is 0 Å². The third kappa shape index (κ3) is 5.99. The van der Waals surface area contributed by atoms with Crippen LogP contribution in [-0.4, -0.2) is 21.2 Å². The molecule has 0 radical (unpaired) electrons. The molecule has 4 heteroatoms. The number of nitrogens with zero attached hydrogens (tertiary/aromatic N) is 4. The number of benzene rings is 7. The number of aromatic nitrogens is 3. The Morgan fingerprint density at radius 1 is 0.440 bits per heavy atom. The van der Waals surface area contributed by atoms with Crippen LogP contribution in [0.4, 0.5) is 0 Å². The van der Waals surface area contributed by atoms with Gasteiger partial charge in [0.1, 0.15) is 0 Å². The van der Waals surface area contributed by atoms with Gasteiger partial charge in [-0.15, -0.1) is 0 Å². The molecule has 0 fully saturated rings. The summed E-state index contributed by atoms with van der Waals surface area (Å²) >= 11 is 0. The highest BCUT2D eigenvalue weighted by atomic mass is 15.0. The SMILES string of the molecule is CC=N/C(=C\C)c1ccc(-c2cc(-c3nc(-c4ccccc4)nc(-c4ccccc4)n3)cc(-c3cc4ccccc4c4ccccc34)c2)cc1. The molecule has 8 aromatic rings. The molecule has 1 aromatic heterocycles. The van der Waals surface area contributed by atoms with Crippen molar-refractivity contribution in [1.29, 1.82) is 0 Å². The molecule has 0 spiro atoms. The summed E-state index contributed by atoms with van der Waals surface area (Å²) in [6, 6.07) is 55.1. The van der Waals surface area contributed by atoms with E-state index in [2.05, 4.69) is 102 Å². The van der Waals surface area contributed by atoms with Gasteiger partial charge in [0.15, 0.2) is 17.5 Å². The molecule has 4 nitrogen and oxygen atoms in total. The van der Waals surface area contributed by atoms with E-state index in [4.69, 9.17) is 15.0 Å². The fraction of sp³-hybridized carbons (Fsp3) is 0.0435. The largest absolute Gasteiger partial charge is 0.261 e. The molecular formula is C46H34N4. The molecule has 7 aromatic carbocycles. The van der Waals surface area contributed by atoms with Crippen molar-refractivity contribution in [2.75, 3.05) is 0 Å². The number of rotatable bonds is 7. The maximum absolute atomic E-state index is 5.10. The minimum atomic E-state index is 0.621. The minimum absolute atomic E-state index is 0.621. The van der Waals surface area contributed by atoms with Crippen molar-refractivity contribution in [3.63, 3.8) is 0 Å². The third-order valence-electron chi connectivity index (χ3n) is 9.03. The molecule has 238 valence electrons. The van der Waals surface area contributed by atoms with Gasteiger partial charge >= 0.3 is 0 Å². The quantitative estimate of drug-likeness (QED) is 0.128. The zero-order chi connectivity index (χ0) is 33.9. The Bertz CT molecular complexity index is 2480. The summed E-state index contributed by atoms with van der Waals surface area (Å²) in [5.74, 6) is 1.89. The number of aliphatic imine (C=N–C) groups is 1. The van der Waals surface area contributed by atoms with E-state index in [0.29, 0.717) is 17.5 Å². The number of hydrogen-bond acceptors (Lipinski definition) is 4. The summed E-state index contributed by atoms with van der Waals surface area (Å²) < 4.78 is 0. The van der Waals surface area contributed by atoms with Gasteiger partial charge in [0.2, 0.25) is 0 Å².